The van der Waals surface area contributed by atoms with Crippen molar-refractivity contribution in [2.75, 3.05) is 11.5 Å². The van der Waals surface area contributed by atoms with Gasteiger partial charge in [0.25, 0.3) is 0 Å². The second kappa shape index (κ2) is 3.15. The van der Waals surface area contributed by atoms with Crippen molar-refractivity contribution in [2.45, 2.75) is 18.6 Å². The van der Waals surface area contributed by atoms with Crippen molar-refractivity contribution in [1.82, 2.24) is 0 Å². The molecule has 1 rings (SSSR count). The Labute approximate surface area is 71.0 Å². The smallest absolute Gasteiger partial charge is 0.151 e. The van der Waals surface area contributed by atoms with Gasteiger partial charge in [-0.2, -0.15) is 0 Å². The van der Waals surface area contributed by atoms with Gasteiger partial charge in [0.15, 0.2) is 9.84 Å². The lowest BCUT2D eigenvalue weighted by atomic mass is 10.4. The van der Waals surface area contributed by atoms with E-state index < -0.39 is 9.84 Å². The lowest BCUT2D eigenvalue weighted by Gasteiger charge is -2.03. The first-order chi connectivity index (χ1) is 4.99. The highest BCUT2D eigenvalue weighted by Crippen LogP contribution is 2.24. The van der Waals surface area contributed by atoms with Crippen LogP contribution in [0.2, 0.25) is 0 Å². The molecule has 0 aromatic rings. The molecule has 1 aliphatic heterocycles. The van der Waals surface area contributed by atoms with Crippen LogP contribution in [0.5, 0.6) is 0 Å². The molecule has 0 aliphatic carbocycles. The number of rotatable bonds is 1. The van der Waals surface area contributed by atoms with Crippen molar-refractivity contribution in [3.63, 3.8) is 0 Å². The second-order valence-corrected chi connectivity index (χ2v) is 6.44. The Balaban J connectivity index is 2.49. The summed E-state index contributed by atoms with van der Waals surface area (Å²) in [7, 11) is -2.76. The van der Waals surface area contributed by atoms with Gasteiger partial charge < -0.3 is 0 Å². The highest BCUT2D eigenvalue weighted by Gasteiger charge is 2.28. The fraction of sp³-hybridized carbons (Fsp3) is 0.833. The SMILES string of the molecule is CC(=N)SC1CCS(=O)(=O)C1. The Morgan fingerprint density at radius 1 is 1.64 bits per heavy atom. The second-order valence-electron chi connectivity index (χ2n) is 2.70. The predicted molar refractivity (Wildman–Crippen MR) is 48.1 cm³/mol. The number of hydrogen-bond acceptors (Lipinski definition) is 4. The van der Waals surface area contributed by atoms with Crippen LogP contribution in [0.1, 0.15) is 13.3 Å². The van der Waals surface area contributed by atoms with E-state index in [9.17, 15) is 8.42 Å². The first-order valence-electron chi connectivity index (χ1n) is 3.42. The molecule has 1 fully saturated rings. The quantitative estimate of drug-likeness (QED) is 0.497. The van der Waals surface area contributed by atoms with Gasteiger partial charge in [0.1, 0.15) is 0 Å². The van der Waals surface area contributed by atoms with Gasteiger partial charge in [0.2, 0.25) is 0 Å². The number of nitrogens with one attached hydrogen (secondary N) is 1. The molecule has 1 aliphatic rings. The minimum atomic E-state index is -2.76. The van der Waals surface area contributed by atoms with Gasteiger partial charge in [0, 0.05) is 5.25 Å². The van der Waals surface area contributed by atoms with Crippen molar-refractivity contribution < 1.29 is 8.42 Å². The van der Waals surface area contributed by atoms with Crippen LogP contribution in [0.3, 0.4) is 0 Å². The molecule has 0 amide bonds. The van der Waals surface area contributed by atoms with E-state index in [-0.39, 0.29) is 11.0 Å². The third kappa shape index (κ3) is 2.83. The molecule has 1 N–H and O–H groups in total. The van der Waals surface area contributed by atoms with Crippen LogP contribution >= 0.6 is 11.8 Å². The van der Waals surface area contributed by atoms with Crippen LogP contribution in [0.4, 0.5) is 0 Å². The number of hydrogen-bond donors (Lipinski definition) is 1. The number of sulfone groups is 1. The topological polar surface area (TPSA) is 58.0 Å². The molecule has 0 aromatic carbocycles. The van der Waals surface area contributed by atoms with Gasteiger partial charge >= 0.3 is 0 Å². The molecule has 0 aromatic heterocycles. The maximum atomic E-state index is 10.9. The van der Waals surface area contributed by atoms with Gasteiger partial charge in [-0.15, -0.1) is 11.8 Å². The van der Waals surface area contributed by atoms with Gasteiger partial charge in [-0.05, 0) is 13.3 Å². The van der Waals surface area contributed by atoms with E-state index in [1.807, 2.05) is 0 Å². The Hall–Kier alpha value is -0.0300. The fourth-order valence-electron chi connectivity index (χ4n) is 1.10. The Morgan fingerprint density at radius 3 is 2.64 bits per heavy atom. The normalized spacial score (nSPS) is 28.6. The zero-order chi connectivity index (χ0) is 8.48. The number of thioether (sulfide) groups is 1. The predicted octanol–water partition coefficient (Wildman–Crippen LogP) is 0.904. The highest BCUT2D eigenvalue weighted by atomic mass is 32.2. The molecule has 0 radical (unpaired) electrons. The molecule has 1 heterocycles. The fourth-order valence-corrected chi connectivity index (χ4v) is 4.43. The Morgan fingerprint density at radius 2 is 2.27 bits per heavy atom. The van der Waals surface area contributed by atoms with E-state index >= 15 is 0 Å². The maximum Gasteiger partial charge on any atom is 0.151 e. The van der Waals surface area contributed by atoms with E-state index in [0.29, 0.717) is 17.2 Å². The Bertz CT molecular complexity index is 258. The van der Waals surface area contributed by atoms with Crippen LogP contribution in [-0.2, 0) is 9.84 Å². The molecule has 3 nitrogen and oxygen atoms in total. The molecule has 1 unspecified atom stereocenters. The average Bonchev–Trinajstić information content (AvgIpc) is 2.08. The maximum absolute atomic E-state index is 10.9. The molecular weight excluding hydrogens is 182 g/mol. The van der Waals surface area contributed by atoms with Crippen molar-refractivity contribution in [2.24, 2.45) is 0 Å². The van der Waals surface area contributed by atoms with Crippen LogP contribution in [0.15, 0.2) is 0 Å². The highest BCUT2D eigenvalue weighted by molar-refractivity contribution is 8.15. The molecule has 0 saturated carbocycles. The summed E-state index contributed by atoms with van der Waals surface area (Å²) in [6.45, 7) is 1.69. The van der Waals surface area contributed by atoms with Crippen molar-refractivity contribution in [3.05, 3.63) is 0 Å². The van der Waals surface area contributed by atoms with E-state index in [1.165, 1.54) is 11.8 Å². The zero-order valence-electron chi connectivity index (χ0n) is 6.33. The third-order valence-electron chi connectivity index (χ3n) is 1.53. The van der Waals surface area contributed by atoms with Crippen LogP contribution in [0.25, 0.3) is 0 Å². The van der Waals surface area contributed by atoms with Crippen LogP contribution in [-0.4, -0.2) is 30.2 Å². The lowest BCUT2D eigenvalue weighted by Crippen LogP contribution is -2.07. The monoisotopic (exact) mass is 193 g/mol. The van der Waals surface area contributed by atoms with E-state index in [2.05, 4.69) is 0 Å². The van der Waals surface area contributed by atoms with E-state index in [1.54, 1.807) is 6.92 Å². The summed E-state index contributed by atoms with van der Waals surface area (Å²) in [6.07, 6.45) is 0.712. The summed E-state index contributed by atoms with van der Waals surface area (Å²) in [4.78, 5) is 0. The molecule has 1 atom stereocenters. The van der Waals surface area contributed by atoms with Gasteiger partial charge in [0.05, 0.1) is 16.5 Å². The minimum Gasteiger partial charge on any atom is -0.299 e. The van der Waals surface area contributed by atoms with Crippen molar-refractivity contribution in [1.29, 1.82) is 5.41 Å². The first kappa shape index (κ1) is 9.06. The van der Waals surface area contributed by atoms with E-state index in [4.69, 9.17) is 5.41 Å². The molecule has 1 saturated heterocycles. The average molecular weight is 193 g/mol. The lowest BCUT2D eigenvalue weighted by molar-refractivity contribution is 0.602. The summed E-state index contributed by atoms with van der Waals surface area (Å²) in [5.41, 5.74) is 0. The van der Waals surface area contributed by atoms with Gasteiger partial charge in [-0.1, -0.05) is 0 Å². The van der Waals surface area contributed by atoms with Gasteiger partial charge in [-0.3, -0.25) is 5.41 Å². The first-order valence-corrected chi connectivity index (χ1v) is 6.12. The molecule has 5 heteroatoms. The summed E-state index contributed by atoms with van der Waals surface area (Å²) >= 11 is 1.37. The Kier molecular flexibility index (Phi) is 2.59. The summed E-state index contributed by atoms with van der Waals surface area (Å²) < 4.78 is 21.9. The summed E-state index contributed by atoms with van der Waals surface area (Å²) in [5.74, 6) is 0.561. The summed E-state index contributed by atoms with van der Waals surface area (Å²) in [6, 6.07) is 0. The standard InChI is InChI=1S/C6H11NO2S2/c1-5(7)10-6-2-3-11(8,9)4-6/h6-7H,2-4H2,1H3. The van der Waals surface area contributed by atoms with Crippen molar-refractivity contribution >= 4 is 26.6 Å². The van der Waals surface area contributed by atoms with Gasteiger partial charge in [-0.25, -0.2) is 8.42 Å². The molecular formula is C6H11NO2S2. The molecule has 0 bridgehead atoms. The van der Waals surface area contributed by atoms with Crippen LogP contribution < -0.4 is 0 Å². The van der Waals surface area contributed by atoms with Crippen molar-refractivity contribution in [3.8, 4) is 0 Å². The summed E-state index contributed by atoms with van der Waals surface area (Å²) in [5, 5.41) is 7.80. The third-order valence-corrected chi connectivity index (χ3v) is 4.60. The van der Waals surface area contributed by atoms with Crippen LogP contribution in [0, 0.1) is 5.41 Å². The largest absolute Gasteiger partial charge is 0.299 e. The molecule has 64 valence electrons. The molecule has 11 heavy (non-hydrogen) atoms. The minimum absolute atomic E-state index is 0.137. The molecule has 0 spiro atoms. The van der Waals surface area contributed by atoms with E-state index in [0.717, 1.165) is 0 Å². The zero-order valence-corrected chi connectivity index (χ0v) is 7.96.